The summed E-state index contributed by atoms with van der Waals surface area (Å²) in [6, 6.07) is 1.72. The van der Waals surface area contributed by atoms with E-state index in [1.165, 1.54) is 11.3 Å². The van der Waals surface area contributed by atoms with Gasteiger partial charge >= 0.3 is 0 Å². The van der Waals surface area contributed by atoms with Crippen LogP contribution in [-0.4, -0.2) is 47.6 Å². The van der Waals surface area contributed by atoms with E-state index < -0.39 is 10.0 Å². The first-order valence-electron chi connectivity index (χ1n) is 6.53. The van der Waals surface area contributed by atoms with Crippen LogP contribution in [0.1, 0.15) is 19.4 Å². The Labute approximate surface area is 126 Å². The van der Waals surface area contributed by atoms with Crippen molar-refractivity contribution < 1.29 is 8.42 Å². The Morgan fingerprint density at radius 1 is 1.35 bits per heavy atom. The van der Waals surface area contributed by atoms with E-state index in [1.807, 2.05) is 26.5 Å². The second-order valence-electron chi connectivity index (χ2n) is 6.03. The third-order valence-electron chi connectivity index (χ3n) is 2.76. The van der Waals surface area contributed by atoms with E-state index in [-0.39, 0.29) is 5.41 Å². The minimum Gasteiger partial charge on any atom is -0.316 e. The number of thiophene rings is 1. The van der Waals surface area contributed by atoms with E-state index in [4.69, 9.17) is 0 Å². The summed E-state index contributed by atoms with van der Waals surface area (Å²) in [5, 5.41) is 4.88. The average molecular weight is 319 g/mol. The second-order valence-corrected chi connectivity index (χ2v) is 8.94. The molecular formula is C13H25N3O2S2. The zero-order valence-corrected chi connectivity index (χ0v) is 14.5. The highest BCUT2D eigenvalue weighted by atomic mass is 32.2. The molecule has 5 nitrogen and oxygen atoms in total. The Bertz CT molecular complexity index is 521. The van der Waals surface area contributed by atoms with Crippen molar-refractivity contribution in [2.24, 2.45) is 5.41 Å². The number of nitrogens with one attached hydrogen (secondary N) is 2. The van der Waals surface area contributed by atoms with E-state index in [9.17, 15) is 8.42 Å². The number of hydrogen-bond donors (Lipinski definition) is 2. The van der Waals surface area contributed by atoms with Crippen LogP contribution in [0.3, 0.4) is 0 Å². The maximum absolute atomic E-state index is 12.2. The first-order chi connectivity index (χ1) is 9.16. The van der Waals surface area contributed by atoms with E-state index in [0.717, 1.165) is 12.1 Å². The molecule has 0 saturated heterocycles. The quantitative estimate of drug-likeness (QED) is 0.759. The van der Waals surface area contributed by atoms with E-state index in [1.54, 1.807) is 6.07 Å². The molecule has 0 aromatic carbocycles. The summed E-state index contributed by atoms with van der Waals surface area (Å²) in [5.74, 6) is 0. The van der Waals surface area contributed by atoms with Gasteiger partial charge in [0, 0.05) is 19.6 Å². The van der Waals surface area contributed by atoms with Crippen LogP contribution < -0.4 is 10.0 Å². The van der Waals surface area contributed by atoms with Gasteiger partial charge in [0.15, 0.2) is 0 Å². The van der Waals surface area contributed by atoms with Crippen LogP contribution >= 0.6 is 11.3 Å². The molecule has 1 heterocycles. The molecule has 0 amide bonds. The van der Waals surface area contributed by atoms with Crippen LogP contribution in [0, 0.1) is 5.41 Å². The zero-order valence-electron chi connectivity index (χ0n) is 12.9. The predicted octanol–water partition coefficient (Wildman–Crippen LogP) is 1.33. The number of hydrogen-bond acceptors (Lipinski definition) is 5. The van der Waals surface area contributed by atoms with Crippen molar-refractivity contribution in [1.29, 1.82) is 0 Å². The van der Waals surface area contributed by atoms with Gasteiger partial charge in [-0.15, -0.1) is 11.3 Å². The largest absolute Gasteiger partial charge is 0.316 e. The summed E-state index contributed by atoms with van der Waals surface area (Å²) in [4.78, 5) is 2.06. The Morgan fingerprint density at radius 3 is 2.55 bits per heavy atom. The molecule has 0 atom stereocenters. The van der Waals surface area contributed by atoms with Gasteiger partial charge in [0.1, 0.15) is 4.21 Å². The molecule has 0 aliphatic rings. The maximum atomic E-state index is 12.2. The highest BCUT2D eigenvalue weighted by molar-refractivity contribution is 7.91. The Kier molecular flexibility index (Phi) is 6.15. The molecule has 1 rings (SSSR count). The zero-order chi connectivity index (χ0) is 15.4. The highest BCUT2D eigenvalue weighted by Crippen LogP contribution is 2.21. The second kappa shape index (κ2) is 7.00. The van der Waals surface area contributed by atoms with E-state index in [2.05, 4.69) is 28.8 Å². The molecule has 0 spiro atoms. The van der Waals surface area contributed by atoms with E-state index in [0.29, 0.717) is 17.3 Å². The summed E-state index contributed by atoms with van der Waals surface area (Å²) in [6.45, 7) is 6.03. The molecule has 1 aromatic heterocycles. The van der Waals surface area contributed by atoms with Gasteiger partial charge in [-0.25, -0.2) is 13.1 Å². The molecule has 0 radical (unpaired) electrons. The van der Waals surface area contributed by atoms with Gasteiger partial charge in [-0.2, -0.15) is 0 Å². The van der Waals surface area contributed by atoms with Crippen LogP contribution in [0.4, 0.5) is 0 Å². The summed E-state index contributed by atoms with van der Waals surface area (Å²) in [5.41, 5.74) is 0.882. The minimum atomic E-state index is -3.40. The lowest BCUT2D eigenvalue weighted by Gasteiger charge is -2.28. The van der Waals surface area contributed by atoms with Gasteiger partial charge < -0.3 is 10.2 Å². The van der Waals surface area contributed by atoms with Crippen LogP contribution in [0.25, 0.3) is 0 Å². The minimum absolute atomic E-state index is 0.109. The average Bonchev–Trinajstić information content (AvgIpc) is 2.75. The Balaban J connectivity index is 2.69. The Hall–Kier alpha value is -0.470. The first kappa shape index (κ1) is 17.6. The lowest BCUT2D eigenvalue weighted by molar-refractivity contribution is 0.242. The summed E-state index contributed by atoms with van der Waals surface area (Å²) in [7, 11) is 2.41. The van der Waals surface area contributed by atoms with Crippen molar-refractivity contribution in [2.45, 2.75) is 24.6 Å². The van der Waals surface area contributed by atoms with Crippen molar-refractivity contribution in [3.63, 3.8) is 0 Å². The van der Waals surface area contributed by atoms with Gasteiger partial charge in [-0.3, -0.25) is 0 Å². The fourth-order valence-corrected chi connectivity index (χ4v) is 4.56. The number of sulfonamides is 1. The van der Waals surface area contributed by atoms with Crippen LogP contribution in [0.2, 0.25) is 0 Å². The molecule has 0 aliphatic carbocycles. The smallest absolute Gasteiger partial charge is 0.250 e. The molecule has 20 heavy (non-hydrogen) atoms. The van der Waals surface area contributed by atoms with Crippen molar-refractivity contribution in [1.82, 2.24) is 14.9 Å². The van der Waals surface area contributed by atoms with Crippen LogP contribution in [0.5, 0.6) is 0 Å². The van der Waals surface area contributed by atoms with Crippen molar-refractivity contribution in [3.05, 3.63) is 17.0 Å². The molecule has 0 saturated carbocycles. The van der Waals surface area contributed by atoms with Crippen molar-refractivity contribution >= 4 is 21.4 Å². The van der Waals surface area contributed by atoms with Gasteiger partial charge in [-0.05, 0) is 43.6 Å². The topological polar surface area (TPSA) is 61.4 Å². The molecule has 0 fully saturated rings. The fourth-order valence-electron chi connectivity index (χ4n) is 2.06. The molecule has 0 bridgehead atoms. The summed E-state index contributed by atoms with van der Waals surface area (Å²) >= 11 is 1.26. The van der Waals surface area contributed by atoms with Gasteiger partial charge in [0.2, 0.25) is 10.0 Å². The highest BCUT2D eigenvalue weighted by Gasteiger charge is 2.24. The first-order valence-corrected chi connectivity index (χ1v) is 8.89. The summed E-state index contributed by atoms with van der Waals surface area (Å²) in [6.07, 6.45) is 0. The van der Waals surface area contributed by atoms with Crippen molar-refractivity contribution in [2.75, 3.05) is 34.2 Å². The van der Waals surface area contributed by atoms with Crippen LogP contribution in [0.15, 0.2) is 15.7 Å². The van der Waals surface area contributed by atoms with E-state index >= 15 is 0 Å². The fraction of sp³-hybridized carbons (Fsp3) is 0.692. The molecule has 7 heteroatoms. The van der Waals surface area contributed by atoms with Crippen molar-refractivity contribution in [3.8, 4) is 0 Å². The van der Waals surface area contributed by atoms with Crippen LogP contribution in [-0.2, 0) is 16.6 Å². The molecule has 116 valence electrons. The SMILES string of the molecule is CNCc1csc(S(=O)(=O)NCC(C)(C)CN(C)C)c1. The lowest BCUT2D eigenvalue weighted by atomic mass is 9.93. The van der Waals surface area contributed by atoms with Gasteiger partial charge in [0.05, 0.1) is 0 Å². The third-order valence-corrected chi connectivity index (χ3v) is 5.65. The third kappa shape index (κ3) is 5.49. The monoisotopic (exact) mass is 319 g/mol. The Morgan fingerprint density at radius 2 is 2.00 bits per heavy atom. The predicted molar refractivity (Wildman–Crippen MR) is 84.6 cm³/mol. The molecule has 2 N–H and O–H groups in total. The van der Waals surface area contributed by atoms with Gasteiger partial charge in [0.25, 0.3) is 0 Å². The standard InChI is InChI=1S/C13H25N3O2S2/c1-13(2,10-16(4)5)9-15-20(17,18)12-6-11(7-14-3)8-19-12/h6,8,14-15H,7,9-10H2,1-5H3. The number of nitrogens with zero attached hydrogens (tertiary/aromatic N) is 1. The lowest BCUT2D eigenvalue weighted by Crippen LogP contribution is -2.39. The molecule has 1 aromatic rings. The number of rotatable bonds is 8. The molecular weight excluding hydrogens is 294 g/mol. The molecule has 0 unspecified atom stereocenters. The molecule has 0 aliphatic heterocycles. The summed E-state index contributed by atoms with van der Waals surface area (Å²) < 4.78 is 27.6. The van der Waals surface area contributed by atoms with Gasteiger partial charge in [-0.1, -0.05) is 13.8 Å². The normalized spacial score (nSPS) is 13.1. The maximum Gasteiger partial charge on any atom is 0.250 e.